The molecule has 3 N–H and O–H groups in total. The van der Waals surface area contributed by atoms with E-state index in [1.54, 1.807) is 0 Å². The molecule has 0 amide bonds. The number of aromatic nitrogens is 2. The molecule has 1 atom stereocenters. The van der Waals surface area contributed by atoms with E-state index in [1.807, 2.05) is 13.0 Å². The maximum Gasteiger partial charge on any atom is 0.244 e. The number of H-pyrrole nitrogens is 1. The third-order valence-corrected chi connectivity index (χ3v) is 3.81. The lowest BCUT2D eigenvalue weighted by molar-refractivity contribution is 0.377. The zero-order valence-electron chi connectivity index (χ0n) is 12.4. The zero-order valence-corrected chi connectivity index (χ0v) is 12.4. The Bertz CT molecular complexity index is 835. The molecule has 1 aromatic carbocycles. The van der Waals surface area contributed by atoms with Crippen molar-refractivity contribution in [3.63, 3.8) is 0 Å². The fourth-order valence-corrected chi connectivity index (χ4v) is 2.80. The van der Waals surface area contributed by atoms with Crippen LogP contribution in [0.2, 0.25) is 0 Å². The largest absolute Gasteiger partial charge is 0.420 e. The van der Waals surface area contributed by atoms with Crippen LogP contribution in [-0.2, 0) is 6.42 Å². The molecule has 1 aliphatic rings. The number of hydrogen-bond acceptors (Lipinski definition) is 4. The van der Waals surface area contributed by atoms with Crippen LogP contribution in [0.25, 0.3) is 0 Å². The van der Waals surface area contributed by atoms with E-state index in [0.29, 0.717) is 12.0 Å². The number of ether oxygens (including phenoxy) is 1. The van der Waals surface area contributed by atoms with Gasteiger partial charge < -0.3 is 10.5 Å². The first-order chi connectivity index (χ1) is 11.1. The molecule has 23 heavy (non-hydrogen) atoms. The Balaban J connectivity index is 2.26. The molecule has 3 rings (SSSR count). The lowest BCUT2D eigenvalue weighted by atomic mass is 9.83. The maximum atomic E-state index is 14.3. The predicted octanol–water partition coefficient (Wildman–Crippen LogP) is 2.86. The second kappa shape index (κ2) is 5.72. The number of nitriles is 1. The highest BCUT2D eigenvalue weighted by Gasteiger charge is 2.36. The first kappa shape index (κ1) is 15.0. The summed E-state index contributed by atoms with van der Waals surface area (Å²) in [6.07, 6.45) is 1.45. The van der Waals surface area contributed by atoms with Crippen LogP contribution in [0.5, 0.6) is 5.88 Å². The van der Waals surface area contributed by atoms with Gasteiger partial charge in [-0.1, -0.05) is 25.5 Å². The van der Waals surface area contributed by atoms with E-state index >= 15 is 0 Å². The molecule has 1 unspecified atom stereocenters. The van der Waals surface area contributed by atoms with Gasteiger partial charge in [0.05, 0.1) is 11.5 Å². The molecule has 1 aliphatic heterocycles. The number of aromatic amines is 1. The van der Waals surface area contributed by atoms with Crippen LogP contribution in [0.3, 0.4) is 0 Å². The van der Waals surface area contributed by atoms with Crippen molar-refractivity contribution in [2.24, 2.45) is 5.73 Å². The number of rotatable bonds is 3. The average molecular weight is 316 g/mol. The molecule has 0 fully saturated rings. The molecule has 0 aliphatic carbocycles. The van der Waals surface area contributed by atoms with E-state index in [-0.39, 0.29) is 22.9 Å². The van der Waals surface area contributed by atoms with Gasteiger partial charge in [0, 0.05) is 11.3 Å². The van der Waals surface area contributed by atoms with Gasteiger partial charge in [0.15, 0.2) is 11.6 Å². The van der Waals surface area contributed by atoms with Gasteiger partial charge in [-0.25, -0.2) is 8.78 Å². The Morgan fingerprint density at radius 1 is 1.43 bits per heavy atom. The van der Waals surface area contributed by atoms with Crippen molar-refractivity contribution >= 4 is 0 Å². The molecule has 0 spiro atoms. The zero-order chi connectivity index (χ0) is 16.6. The molecule has 0 saturated carbocycles. The van der Waals surface area contributed by atoms with Crippen LogP contribution in [0, 0.1) is 23.0 Å². The summed E-state index contributed by atoms with van der Waals surface area (Å²) in [5, 5.41) is 16.3. The number of nitrogens with two attached hydrogens (primary N) is 1. The van der Waals surface area contributed by atoms with Crippen molar-refractivity contribution in [1.29, 1.82) is 5.26 Å². The molecule has 0 bridgehead atoms. The van der Waals surface area contributed by atoms with Gasteiger partial charge in [-0.05, 0) is 12.5 Å². The molecule has 118 valence electrons. The molecule has 2 aromatic rings. The van der Waals surface area contributed by atoms with Crippen LogP contribution >= 0.6 is 0 Å². The summed E-state index contributed by atoms with van der Waals surface area (Å²) >= 11 is 0. The summed E-state index contributed by atoms with van der Waals surface area (Å²) in [7, 11) is 0. The molecule has 5 nitrogen and oxygen atoms in total. The molecule has 0 radical (unpaired) electrons. The normalized spacial score (nSPS) is 16.7. The minimum atomic E-state index is -1.01. The first-order valence-corrected chi connectivity index (χ1v) is 7.17. The topological polar surface area (TPSA) is 87.7 Å². The van der Waals surface area contributed by atoms with Crippen LogP contribution < -0.4 is 10.5 Å². The van der Waals surface area contributed by atoms with Gasteiger partial charge in [-0.2, -0.15) is 5.26 Å². The summed E-state index contributed by atoms with van der Waals surface area (Å²) in [5.41, 5.74) is 7.09. The number of nitrogens with one attached hydrogen (secondary N) is 1. The van der Waals surface area contributed by atoms with Crippen molar-refractivity contribution < 1.29 is 13.5 Å². The fourth-order valence-electron chi connectivity index (χ4n) is 2.80. The molecular weight excluding hydrogens is 302 g/mol. The van der Waals surface area contributed by atoms with Gasteiger partial charge in [0.1, 0.15) is 11.6 Å². The number of halogens is 2. The Hall–Kier alpha value is -2.88. The SMILES string of the molecule is CCCc1[nH]nc2c1C(c1cccc(F)c1F)C(C#N)=C(N)O2. The second-order valence-electron chi connectivity index (χ2n) is 5.24. The van der Waals surface area contributed by atoms with Gasteiger partial charge >= 0.3 is 0 Å². The second-order valence-corrected chi connectivity index (χ2v) is 5.24. The lowest BCUT2D eigenvalue weighted by Gasteiger charge is -2.24. The van der Waals surface area contributed by atoms with Crippen molar-refractivity contribution in [1.82, 2.24) is 10.2 Å². The van der Waals surface area contributed by atoms with E-state index in [1.165, 1.54) is 12.1 Å². The number of fused-ring (bicyclic) bond motifs is 1. The molecular formula is C16H14F2N4O. The number of allylic oxidation sites excluding steroid dienone is 1. The number of benzene rings is 1. The highest BCUT2D eigenvalue weighted by molar-refractivity contribution is 5.55. The first-order valence-electron chi connectivity index (χ1n) is 7.17. The van der Waals surface area contributed by atoms with E-state index in [4.69, 9.17) is 10.5 Å². The average Bonchev–Trinajstić information content (AvgIpc) is 2.92. The van der Waals surface area contributed by atoms with Gasteiger partial charge in [-0.3, -0.25) is 5.10 Å². The summed E-state index contributed by atoms with van der Waals surface area (Å²) in [5.74, 6) is -2.79. The maximum absolute atomic E-state index is 14.3. The predicted molar refractivity (Wildman–Crippen MR) is 78.2 cm³/mol. The van der Waals surface area contributed by atoms with E-state index in [0.717, 1.165) is 18.2 Å². The van der Waals surface area contributed by atoms with Crippen molar-refractivity contribution in [3.05, 3.63) is 58.1 Å². The van der Waals surface area contributed by atoms with E-state index in [2.05, 4.69) is 10.2 Å². The minimum Gasteiger partial charge on any atom is -0.420 e. The summed E-state index contributed by atoms with van der Waals surface area (Å²) in [6, 6.07) is 5.81. The standard InChI is InChI=1S/C16H14F2N4O/c1-2-4-11-13-12(8-5-3-6-10(17)14(8)18)9(7-19)15(20)23-16(13)22-21-11/h3,5-6,12H,2,4,20H2,1H3,(H,21,22). The Morgan fingerprint density at radius 2 is 2.22 bits per heavy atom. The van der Waals surface area contributed by atoms with Gasteiger partial charge in [0.2, 0.25) is 11.8 Å². The van der Waals surface area contributed by atoms with Crippen molar-refractivity contribution in [2.45, 2.75) is 25.7 Å². The van der Waals surface area contributed by atoms with Crippen molar-refractivity contribution in [2.75, 3.05) is 0 Å². The Morgan fingerprint density at radius 3 is 2.91 bits per heavy atom. The molecule has 0 saturated heterocycles. The minimum absolute atomic E-state index is 0.0350. The third-order valence-electron chi connectivity index (χ3n) is 3.81. The highest BCUT2D eigenvalue weighted by Crippen LogP contribution is 2.43. The van der Waals surface area contributed by atoms with Crippen LogP contribution in [0.1, 0.15) is 36.1 Å². The van der Waals surface area contributed by atoms with Crippen molar-refractivity contribution in [3.8, 4) is 11.9 Å². The lowest BCUT2D eigenvalue weighted by Crippen LogP contribution is -2.22. The Labute approximate surface area is 131 Å². The third kappa shape index (κ3) is 2.32. The summed E-state index contributed by atoms with van der Waals surface area (Å²) < 4.78 is 33.3. The van der Waals surface area contributed by atoms with E-state index < -0.39 is 17.6 Å². The monoisotopic (exact) mass is 316 g/mol. The van der Waals surface area contributed by atoms with Gasteiger partial charge in [0.25, 0.3) is 0 Å². The fraction of sp³-hybridized carbons (Fsp3) is 0.250. The molecule has 7 heteroatoms. The van der Waals surface area contributed by atoms with E-state index in [9.17, 15) is 14.0 Å². The van der Waals surface area contributed by atoms with Crippen LogP contribution in [-0.4, -0.2) is 10.2 Å². The van der Waals surface area contributed by atoms with Crippen LogP contribution in [0.15, 0.2) is 29.7 Å². The Kier molecular flexibility index (Phi) is 3.74. The quantitative estimate of drug-likeness (QED) is 0.911. The van der Waals surface area contributed by atoms with Crippen LogP contribution in [0.4, 0.5) is 8.78 Å². The number of aryl methyl sites for hydroxylation is 1. The molecule has 1 aromatic heterocycles. The summed E-state index contributed by atoms with van der Waals surface area (Å²) in [4.78, 5) is 0. The smallest absolute Gasteiger partial charge is 0.244 e. The molecule has 2 heterocycles. The number of nitrogens with zero attached hydrogens (tertiary/aromatic N) is 2. The number of hydrogen-bond donors (Lipinski definition) is 2. The van der Waals surface area contributed by atoms with Gasteiger partial charge in [-0.15, -0.1) is 5.10 Å². The summed E-state index contributed by atoms with van der Waals surface area (Å²) in [6.45, 7) is 1.98. The highest BCUT2D eigenvalue weighted by atomic mass is 19.2.